The second-order valence-corrected chi connectivity index (χ2v) is 7.47. The average Bonchev–Trinajstić information content (AvgIpc) is 2.70. The number of hydrogen-bond acceptors (Lipinski definition) is 4. The molecule has 2 rings (SSSR count). The van der Waals surface area contributed by atoms with Crippen molar-refractivity contribution in [3.63, 3.8) is 0 Å². The van der Waals surface area contributed by atoms with Crippen molar-refractivity contribution in [3.8, 4) is 0 Å². The molecule has 0 radical (unpaired) electrons. The summed E-state index contributed by atoms with van der Waals surface area (Å²) in [5.41, 5.74) is 1.08. The van der Waals surface area contributed by atoms with E-state index >= 15 is 0 Å². The number of hydrogen-bond donors (Lipinski definition) is 1. The molecule has 0 bridgehead atoms. The zero-order valence-corrected chi connectivity index (χ0v) is 16.9. The fourth-order valence-corrected chi connectivity index (χ4v) is 3.70. The SMILES string of the molecule is COC(=O)CCCCCCN1C(=O)CCC[C@@H]1C/C=C(\O)Cc1ccccc1. The van der Waals surface area contributed by atoms with Crippen LogP contribution in [0.2, 0.25) is 0 Å². The van der Waals surface area contributed by atoms with Crippen molar-refractivity contribution in [2.75, 3.05) is 13.7 Å². The van der Waals surface area contributed by atoms with Crippen LogP contribution < -0.4 is 0 Å². The predicted octanol–water partition coefficient (Wildman–Crippen LogP) is 4.57. The molecule has 0 saturated carbocycles. The number of rotatable bonds is 11. The Morgan fingerprint density at radius 3 is 2.71 bits per heavy atom. The fourth-order valence-electron chi connectivity index (χ4n) is 3.70. The zero-order chi connectivity index (χ0) is 20.2. The van der Waals surface area contributed by atoms with Gasteiger partial charge >= 0.3 is 5.97 Å². The highest BCUT2D eigenvalue weighted by Gasteiger charge is 2.26. The normalized spacial score (nSPS) is 17.6. The Morgan fingerprint density at radius 2 is 1.96 bits per heavy atom. The largest absolute Gasteiger partial charge is 0.512 e. The minimum absolute atomic E-state index is 0.159. The highest BCUT2D eigenvalue weighted by atomic mass is 16.5. The number of amides is 1. The molecule has 1 aliphatic heterocycles. The highest BCUT2D eigenvalue weighted by Crippen LogP contribution is 2.23. The van der Waals surface area contributed by atoms with Gasteiger partial charge in [-0.2, -0.15) is 0 Å². The van der Waals surface area contributed by atoms with Gasteiger partial charge in [0.1, 0.15) is 0 Å². The van der Waals surface area contributed by atoms with Crippen LogP contribution >= 0.6 is 0 Å². The Bertz CT molecular complexity index is 641. The lowest BCUT2D eigenvalue weighted by atomic mass is 9.97. The topological polar surface area (TPSA) is 66.8 Å². The molecule has 28 heavy (non-hydrogen) atoms. The number of methoxy groups -OCH3 is 1. The fraction of sp³-hybridized carbons (Fsp3) is 0.565. The molecule has 5 heteroatoms. The zero-order valence-electron chi connectivity index (χ0n) is 16.9. The van der Waals surface area contributed by atoms with Gasteiger partial charge in [0.15, 0.2) is 0 Å². The maximum absolute atomic E-state index is 12.4. The van der Waals surface area contributed by atoms with Gasteiger partial charge in [-0.15, -0.1) is 0 Å². The van der Waals surface area contributed by atoms with Crippen LogP contribution in [0.3, 0.4) is 0 Å². The summed E-state index contributed by atoms with van der Waals surface area (Å²) >= 11 is 0. The van der Waals surface area contributed by atoms with E-state index in [1.165, 1.54) is 7.11 Å². The first-order chi connectivity index (χ1) is 13.6. The predicted molar refractivity (Wildman–Crippen MR) is 110 cm³/mol. The third-order valence-corrected chi connectivity index (χ3v) is 5.30. The highest BCUT2D eigenvalue weighted by molar-refractivity contribution is 5.77. The quantitative estimate of drug-likeness (QED) is 0.343. The number of aliphatic hydroxyl groups excluding tert-OH is 1. The van der Waals surface area contributed by atoms with Gasteiger partial charge in [0.2, 0.25) is 5.91 Å². The number of unbranched alkanes of at least 4 members (excludes halogenated alkanes) is 3. The molecule has 1 aromatic carbocycles. The Hall–Kier alpha value is -2.30. The van der Waals surface area contributed by atoms with Crippen molar-refractivity contribution in [2.45, 2.75) is 70.3 Å². The van der Waals surface area contributed by atoms with E-state index in [4.69, 9.17) is 0 Å². The summed E-state index contributed by atoms with van der Waals surface area (Å²) < 4.78 is 4.65. The number of carbonyl (C=O) groups is 2. The van der Waals surface area contributed by atoms with Crippen LogP contribution in [-0.2, 0) is 20.7 Å². The van der Waals surface area contributed by atoms with Crippen LogP contribution in [0.1, 0.15) is 63.4 Å². The van der Waals surface area contributed by atoms with E-state index in [1.807, 2.05) is 41.3 Å². The molecule has 154 valence electrons. The number of carbonyl (C=O) groups excluding carboxylic acids is 2. The first-order valence-corrected chi connectivity index (χ1v) is 10.4. The van der Waals surface area contributed by atoms with E-state index in [0.717, 1.165) is 50.6 Å². The van der Waals surface area contributed by atoms with Crippen LogP contribution in [0.15, 0.2) is 42.2 Å². The van der Waals surface area contributed by atoms with Crippen molar-refractivity contribution in [2.24, 2.45) is 0 Å². The van der Waals surface area contributed by atoms with Crippen molar-refractivity contribution >= 4 is 11.9 Å². The molecule has 0 spiro atoms. The number of aliphatic hydroxyl groups is 1. The summed E-state index contributed by atoms with van der Waals surface area (Å²) in [6.07, 6.45) is 9.86. The van der Waals surface area contributed by atoms with Gasteiger partial charge in [0.05, 0.1) is 12.9 Å². The van der Waals surface area contributed by atoms with Crippen molar-refractivity contribution in [3.05, 3.63) is 47.7 Å². The number of nitrogens with zero attached hydrogens (tertiary/aromatic N) is 1. The van der Waals surface area contributed by atoms with Crippen LogP contribution in [-0.4, -0.2) is 41.6 Å². The second kappa shape index (κ2) is 12.2. The van der Waals surface area contributed by atoms with Gasteiger partial charge in [0, 0.05) is 31.8 Å². The first kappa shape index (κ1) is 22.0. The molecule has 1 heterocycles. The minimum Gasteiger partial charge on any atom is -0.512 e. The molecule has 1 saturated heterocycles. The maximum atomic E-state index is 12.4. The standard InChI is InChI=1S/C23H33NO4/c1-28-23(27)14-7-2-3-8-17-24-20(12-9-13-22(24)26)15-16-21(25)18-19-10-5-4-6-11-19/h4-6,10-11,16,20,25H,2-3,7-9,12-15,17-18H2,1H3/b21-16-/t20-/m1/s1. The van der Waals surface area contributed by atoms with E-state index in [1.54, 1.807) is 0 Å². The number of benzene rings is 1. The molecular formula is C23H33NO4. The summed E-state index contributed by atoms with van der Waals surface area (Å²) in [4.78, 5) is 25.5. The molecule has 1 amide bonds. The lowest BCUT2D eigenvalue weighted by Gasteiger charge is -2.35. The van der Waals surface area contributed by atoms with Gasteiger partial charge in [0.25, 0.3) is 0 Å². The van der Waals surface area contributed by atoms with Crippen molar-refractivity contribution < 1.29 is 19.4 Å². The number of allylic oxidation sites excluding steroid dienone is 1. The summed E-state index contributed by atoms with van der Waals surface area (Å²) in [7, 11) is 1.41. The lowest BCUT2D eigenvalue weighted by molar-refractivity contribution is -0.140. The van der Waals surface area contributed by atoms with E-state index in [0.29, 0.717) is 31.4 Å². The first-order valence-electron chi connectivity index (χ1n) is 10.4. The third kappa shape index (κ3) is 7.75. The molecule has 1 aromatic rings. The Balaban J connectivity index is 1.76. The molecule has 5 nitrogen and oxygen atoms in total. The van der Waals surface area contributed by atoms with E-state index in [9.17, 15) is 14.7 Å². The Kier molecular flexibility index (Phi) is 9.60. The van der Waals surface area contributed by atoms with Gasteiger partial charge in [-0.3, -0.25) is 9.59 Å². The summed E-state index contributed by atoms with van der Waals surface area (Å²) in [5, 5.41) is 10.2. The lowest BCUT2D eigenvalue weighted by Crippen LogP contribution is -2.43. The minimum atomic E-state index is -0.159. The Morgan fingerprint density at radius 1 is 1.21 bits per heavy atom. The van der Waals surface area contributed by atoms with Crippen LogP contribution in [0.5, 0.6) is 0 Å². The van der Waals surface area contributed by atoms with Crippen LogP contribution in [0.4, 0.5) is 0 Å². The molecule has 0 unspecified atom stereocenters. The van der Waals surface area contributed by atoms with E-state index < -0.39 is 0 Å². The monoisotopic (exact) mass is 387 g/mol. The summed E-state index contributed by atoms with van der Waals surface area (Å²) in [6, 6.07) is 10.1. The molecular weight excluding hydrogens is 354 g/mol. The maximum Gasteiger partial charge on any atom is 0.305 e. The molecule has 1 aliphatic rings. The summed E-state index contributed by atoms with van der Waals surface area (Å²) in [6.45, 7) is 0.759. The van der Waals surface area contributed by atoms with Gasteiger partial charge in [-0.1, -0.05) is 43.2 Å². The molecule has 1 atom stereocenters. The van der Waals surface area contributed by atoms with E-state index in [-0.39, 0.29) is 17.9 Å². The van der Waals surface area contributed by atoms with Crippen LogP contribution in [0, 0.1) is 0 Å². The summed E-state index contributed by atoms with van der Waals surface area (Å²) in [5.74, 6) is 0.433. The third-order valence-electron chi connectivity index (χ3n) is 5.30. The number of esters is 1. The number of piperidine rings is 1. The van der Waals surface area contributed by atoms with Crippen molar-refractivity contribution in [1.82, 2.24) is 4.90 Å². The average molecular weight is 388 g/mol. The molecule has 1 N–H and O–H groups in total. The van der Waals surface area contributed by atoms with Crippen LogP contribution in [0.25, 0.3) is 0 Å². The second-order valence-electron chi connectivity index (χ2n) is 7.47. The molecule has 0 aromatic heterocycles. The van der Waals surface area contributed by atoms with Gasteiger partial charge in [-0.25, -0.2) is 0 Å². The van der Waals surface area contributed by atoms with Gasteiger partial charge in [-0.05, 0) is 43.7 Å². The number of likely N-dealkylation sites (tertiary alicyclic amines) is 1. The number of ether oxygens (including phenoxy) is 1. The van der Waals surface area contributed by atoms with Gasteiger partial charge < -0.3 is 14.7 Å². The van der Waals surface area contributed by atoms with E-state index in [2.05, 4.69) is 4.74 Å². The molecule has 0 aliphatic carbocycles. The smallest absolute Gasteiger partial charge is 0.305 e. The van der Waals surface area contributed by atoms with Crippen molar-refractivity contribution in [1.29, 1.82) is 0 Å². The molecule has 1 fully saturated rings. The Labute approximate surface area is 168 Å².